The molecule has 0 saturated carbocycles. The number of aliphatic carboxylic acids is 2. The van der Waals surface area contributed by atoms with Gasteiger partial charge in [0, 0.05) is 12.4 Å². The Morgan fingerprint density at radius 2 is 1.21 bits per heavy atom. The van der Waals surface area contributed by atoms with E-state index in [0.717, 1.165) is 0 Å². The monoisotopic (exact) mass is 510 g/mol. The molecule has 0 saturated heterocycles. The molecule has 0 fully saturated rings. The summed E-state index contributed by atoms with van der Waals surface area (Å²) < 4.78 is 30.1. The summed E-state index contributed by atoms with van der Waals surface area (Å²) in [6, 6.07) is 10.9. The number of hydrogen-bond acceptors (Lipinski definition) is 7. The number of carbonyl (C=O) groups excluding carboxylic acids is 2. The van der Waals surface area contributed by atoms with E-state index in [-0.39, 0.29) is 88.7 Å². The number of rotatable bonds is 15. The maximum Gasteiger partial charge on any atom is 1.00 e. The second-order valence-corrected chi connectivity index (χ2v) is 8.85. The quantitative estimate of drug-likeness (QED) is 0.130. The van der Waals surface area contributed by atoms with Gasteiger partial charge in [0.25, 0.3) is 0 Å². The summed E-state index contributed by atoms with van der Waals surface area (Å²) in [6.07, 6.45) is 14.1. The molecule has 0 aromatic heterocycles. The van der Waals surface area contributed by atoms with Gasteiger partial charge in [0.2, 0.25) is 0 Å². The zero-order valence-corrected chi connectivity index (χ0v) is 27.5. The van der Waals surface area contributed by atoms with Crippen molar-refractivity contribution in [3.05, 3.63) is 35.9 Å². The number of carboxylic acid groups (broad SMARTS) is 2. The van der Waals surface area contributed by atoms with E-state index in [4.69, 9.17) is 0 Å². The SMILES string of the molecule is CCCCCCCCCCCCc1ccccc1.O=C([O-])CC(C(=O)[O-])S(=O)(=O)[O-].[Na+].[Na+].[Na+]. The number of benzene rings is 1. The minimum atomic E-state index is -5.19. The van der Waals surface area contributed by atoms with Gasteiger partial charge in [-0.2, -0.15) is 0 Å². The van der Waals surface area contributed by atoms with Crippen LogP contribution in [-0.4, -0.2) is 30.2 Å². The topological polar surface area (TPSA) is 137 Å². The molecule has 0 N–H and O–H groups in total. The molecule has 33 heavy (non-hydrogen) atoms. The van der Waals surface area contributed by atoms with Gasteiger partial charge in [-0.3, -0.25) is 0 Å². The fraction of sp³-hybridized carbons (Fsp3) is 0.636. The normalized spacial score (nSPS) is 10.8. The number of carboxylic acids is 2. The van der Waals surface area contributed by atoms with Crippen molar-refractivity contribution in [3.63, 3.8) is 0 Å². The van der Waals surface area contributed by atoms with Crippen molar-refractivity contribution in [2.75, 3.05) is 0 Å². The average Bonchev–Trinajstić information content (AvgIpc) is 2.68. The first-order chi connectivity index (χ1) is 14.2. The van der Waals surface area contributed by atoms with Gasteiger partial charge in [-0.15, -0.1) is 0 Å². The van der Waals surface area contributed by atoms with Gasteiger partial charge in [-0.05, 0) is 18.4 Å². The molecule has 1 unspecified atom stereocenters. The van der Waals surface area contributed by atoms with Crippen LogP contribution in [-0.2, 0) is 26.1 Å². The number of aryl methyl sites for hydroxylation is 1. The van der Waals surface area contributed by atoms with E-state index in [2.05, 4.69) is 37.3 Å². The van der Waals surface area contributed by atoms with Gasteiger partial charge in [0.1, 0.15) is 10.1 Å². The van der Waals surface area contributed by atoms with Crippen molar-refractivity contribution >= 4 is 22.1 Å². The van der Waals surface area contributed by atoms with E-state index in [0.29, 0.717) is 0 Å². The third kappa shape index (κ3) is 26.0. The molecular weight excluding hydrogens is 477 g/mol. The summed E-state index contributed by atoms with van der Waals surface area (Å²) in [4.78, 5) is 19.7. The Kier molecular flexibility index (Phi) is 32.6. The Balaban J connectivity index is -0.000000250. The second-order valence-electron chi connectivity index (χ2n) is 7.29. The number of hydrogen-bond donors (Lipinski definition) is 0. The third-order valence-corrected chi connectivity index (χ3v) is 5.68. The van der Waals surface area contributed by atoms with Gasteiger partial charge in [0.05, 0.1) is 11.2 Å². The molecule has 0 aliphatic rings. The summed E-state index contributed by atoms with van der Waals surface area (Å²) in [7, 11) is -5.19. The van der Waals surface area contributed by atoms with Gasteiger partial charge >= 0.3 is 88.7 Å². The Bertz CT molecular complexity index is 701. The maximum absolute atomic E-state index is 10.0. The first kappa shape index (κ1) is 41.2. The van der Waals surface area contributed by atoms with Crippen molar-refractivity contribution < 1.29 is 121 Å². The van der Waals surface area contributed by atoms with Gasteiger partial charge in [0.15, 0.2) is 0 Å². The summed E-state index contributed by atoms with van der Waals surface area (Å²) in [5, 5.41) is 17.1. The molecular formula is C22H33Na3O7S. The van der Waals surface area contributed by atoms with E-state index in [1.807, 2.05) is 0 Å². The minimum absolute atomic E-state index is 0. The number of carbonyl (C=O) groups is 2. The smallest absolute Gasteiger partial charge is 0.747 e. The molecule has 0 radical (unpaired) electrons. The predicted molar refractivity (Wildman–Crippen MR) is 110 cm³/mol. The average molecular weight is 511 g/mol. The first-order valence-electron chi connectivity index (χ1n) is 10.6. The van der Waals surface area contributed by atoms with Gasteiger partial charge in [-0.1, -0.05) is 95.0 Å². The zero-order chi connectivity index (χ0) is 22.8. The van der Waals surface area contributed by atoms with Crippen molar-refractivity contribution in [1.29, 1.82) is 0 Å². The van der Waals surface area contributed by atoms with Crippen LogP contribution in [0.3, 0.4) is 0 Å². The van der Waals surface area contributed by atoms with Crippen LogP contribution in [0.4, 0.5) is 0 Å². The van der Waals surface area contributed by atoms with Crippen LogP contribution in [0.5, 0.6) is 0 Å². The van der Waals surface area contributed by atoms with Crippen molar-refractivity contribution in [3.8, 4) is 0 Å². The van der Waals surface area contributed by atoms with Crippen molar-refractivity contribution in [2.45, 2.75) is 89.2 Å². The molecule has 0 heterocycles. The second kappa shape index (κ2) is 26.1. The molecule has 1 aromatic rings. The van der Waals surface area contributed by atoms with E-state index >= 15 is 0 Å². The molecule has 0 aliphatic heterocycles. The van der Waals surface area contributed by atoms with Crippen LogP contribution in [0.2, 0.25) is 0 Å². The fourth-order valence-electron chi connectivity index (χ4n) is 2.92. The molecule has 0 spiro atoms. The molecule has 0 bridgehead atoms. The van der Waals surface area contributed by atoms with Gasteiger partial charge < -0.3 is 24.4 Å². The molecule has 0 aliphatic carbocycles. The summed E-state index contributed by atoms with van der Waals surface area (Å²) >= 11 is 0. The summed E-state index contributed by atoms with van der Waals surface area (Å²) in [5.41, 5.74) is 1.50. The third-order valence-electron chi connectivity index (χ3n) is 4.63. The van der Waals surface area contributed by atoms with E-state index in [9.17, 15) is 32.8 Å². The molecule has 0 amide bonds. The van der Waals surface area contributed by atoms with Crippen molar-refractivity contribution in [2.24, 2.45) is 0 Å². The van der Waals surface area contributed by atoms with E-state index < -0.39 is 33.7 Å². The molecule has 1 atom stereocenters. The fourth-order valence-corrected chi connectivity index (χ4v) is 3.49. The van der Waals surface area contributed by atoms with Crippen LogP contribution < -0.4 is 98.9 Å². The standard InChI is InChI=1S/C18H30.C4H6O7S.3Na/c1-2-3-4-5-6-7-8-9-10-12-15-18-16-13-11-14-17-18;5-3(6)1-2(4(7)8)12(9,10)11;;;/h11,13-14,16-17H,2-10,12,15H2,1H3;2H,1H2,(H,5,6)(H,7,8)(H,9,10,11);;;/q;;3*+1/p-3. The van der Waals surface area contributed by atoms with Gasteiger partial charge in [-0.25, -0.2) is 8.42 Å². The summed E-state index contributed by atoms with van der Waals surface area (Å²) in [6.45, 7) is 2.28. The van der Waals surface area contributed by atoms with Crippen LogP contribution in [0, 0.1) is 0 Å². The zero-order valence-electron chi connectivity index (χ0n) is 20.7. The largest absolute Gasteiger partial charge is 1.00 e. The Morgan fingerprint density at radius 1 is 0.788 bits per heavy atom. The van der Waals surface area contributed by atoms with E-state index in [1.54, 1.807) is 0 Å². The molecule has 7 nitrogen and oxygen atoms in total. The molecule has 1 aromatic carbocycles. The van der Waals surface area contributed by atoms with Crippen LogP contribution in [0.15, 0.2) is 30.3 Å². The van der Waals surface area contributed by atoms with Crippen molar-refractivity contribution in [1.82, 2.24) is 0 Å². The predicted octanol–water partition coefficient (Wildman–Crippen LogP) is -7.05. The summed E-state index contributed by atoms with van der Waals surface area (Å²) in [5.74, 6) is -4.18. The van der Waals surface area contributed by atoms with E-state index in [1.165, 1.54) is 76.2 Å². The van der Waals surface area contributed by atoms with Crippen LogP contribution >= 0.6 is 0 Å². The minimum Gasteiger partial charge on any atom is -0.747 e. The molecule has 172 valence electrons. The number of unbranched alkanes of at least 4 members (excludes halogenated alkanes) is 9. The Hall–Kier alpha value is 1.07. The molecule has 11 heteroatoms. The maximum atomic E-state index is 10.0. The Labute approximate surface area is 265 Å². The first-order valence-corrected chi connectivity index (χ1v) is 12.0. The van der Waals surface area contributed by atoms with Crippen LogP contribution in [0.25, 0.3) is 0 Å². The Morgan fingerprint density at radius 3 is 1.55 bits per heavy atom. The molecule has 1 rings (SSSR count). The van der Waals surface area contributed by atoms with Crippen LogP contribution in [0.1, 0.15) is 83.1 Å².